The van der Waals surface area contributed by atoms with Gasteiger partial charge in [0.2, 0.25) is 0 Å². The number of rotatable bonds is 11. The van der Waals surface area contributed by atoms with E-state index < -0.39 is 12.7 Å². The number of aliphatic hydroxyl groups excluding tert-OH is 1. The monoisotopic (exact) mass is 441 g/mol. The first kappa shape index (κ1) is 25.1. The van der Waals surface area contributed by atoms with Crippen LogP contribution in [0.15, 0.2) is 66.1 Å². The average molecular weight is 442 g/mol. The molecule has 2 aromatic rings. The summed E-state index contributed by atoms with van der Waals surface area (Å²) < 4.78 is 24.3. The summed E-state index contributed by atoms with van der Waals surface area (Å²) in [5.41, 5.74) is 8.52. The zero-order valence-electron chi connectivity index (χ0n) is 18.9. The first-order valence-corrected chi connectivity index (χ1v) is 10.9. The fourth-order valence-corrected chi connectivity index (χ4v) is 3.17. The summed E-state index contributed by atoms with van der Waals surface area (Å²) in [6.45, 7) is 5.20. The molecule has 6 heteroatoms. The molecule has 0 aliphatic rings. The Morgan fingerprint density at radius 2 is 1.88 bits per heavy atom. The molecule has 32 heavy (non-hydrogen) atoms. The predicted octanol–water partition coefficient (Wildman–Crippen LogP) is 5.81. The van der Waals surface area contributed by atoms with Gasteiger partial charge in [0.15, 0.2) is 0 Å². The minimum absolute atomic E-state index is 0.104. The van der Waals surface area contributed by atoms with Crippen LogP contribution in [0, 0.1) is 0 Å². The van der Waals surface area contributed by atoms with Crippen molar-refractivity contribution in [1.82, 2.24) is 0 Å². The highest BCUT2D eigenvalue weighted by atomic mass is 19.1. The van der Waals surface area contributed by atoms with Crippen molar-refractivity contribution < 1.29 is 23.8 Å². The van der Waals surface area contributed by atoms with Gasteiger partial charge in [-0.05, 0) is 36.3 Å². The zero-order chi connectivity index (χ0) is 23.5. The lowest BCUT2D eigenvalue weighted by molar-refractivity contribution is -0.142. The lowest BCUT2D eigenvalue weighted by atomic mass is 9.97. The van der Waals surface area contributed by atoms with Crippen LogP contribution in [0.3, 0.4) is 0 Å². The lowest BCUT2D eigenvalue weighted by Crippen LogP contribution is -2.12. The van der Waals surface area contributed by atoms with Crippen molar-refractivity contribution in [1.29, 1.82) is 0 Å². The summed E-state index contributed by atoms with van der Waals surface area (Å²) in [7, 11) is 0. The number of para-hydroxylation sites is 1. The SMILES string of the molecule is CCOC(=O)Cc1ccccc1O/C(=C/C(=C(/O)CC)c1cccc(C(N)CF)c1)CC. The molecule has 0 saturated carbocycles. The Hall–Kier alpha value is -3.12. The number of esters is 1. The Labute approximate surface area is 189 Å². The van der Waals surface area contributed by atoms with E-state index in [1.165, 1.54) is 0 Å². The van der Waals surface area contributed by atoms with E-state index in [1.807, 2.05) is 38.1 Å². The number of ether oxygens (including phenoxy) is 2. The number of carbonyl (C=O) groups excluding carboxylic acids is 1. The Balaban J connectivity index is 2.41. The van der Waals surface area contributed by atoms with Gasteiger partial charge in [0.25, 0.3) is 0 Å². The molecule has 0 spiro atoms. The Kier molecular flexibility index (Phi) is 9.95. The van der Waals surface area contributed by atoms with Gasteiger partial charge in [-0.3, -0.25) is 4.79 Å². The van der Waals surface area contributed by atoms with E-state index in [1.54, 1.807) is 37.3 Å². The van der Waals surface area contributed by atoms with Crippen LogP contribution in [0.2, 0.25) is 0 Å². The molecule has 3 N–H and O–H groups in total. The highest BCUT2D eigenvalue weighted by Gasteiger charge is 2.14. The Morgan fingerprint density at radius 3 is 2.53 bits per heavy atom. The predicted molar refractivity (Wildman–Crippen MR) is 125 cm³/mol. The fourth-order valence-electron chi connectivity index (χ4n) is 3.17. The van der Waals surface area contributed by atoms with Crippen molar-refractivity contribution in [2.75, 3.05) is 13.3 Å². The standard InChI is InChI=1S/C26H32FNO4/c1-4-21(32-25-13-8-7-10-20(25)15-26(30)31-6-3)16-22(24(29)5-2)18-11-9-12-19(14-18)23(28)17-27/h7-14,16,23,29H,4-6,15,17,28H2,1-3H3/b21-16+,24-22-. The van der Waals surface area contributed by atoms with Crippen LogP contribution < -0.4 is 10.5 Å². The maximum absolute atomic E-state index is 13.1. The molecular weight excluding hydrogens is 409 g/mol. The van der Waals surface area contributed by atoms with Crippen LogP contribution in [0.4, 0.5) is 4.39 Å². The molecule has 5 nitrogen and oxygen atoms in total. The highest BCUT2D eigenvalue weighted by molar-refractivity contribution is 5.76. The summed E-state index contributed by atoms with van der Waals surface area (Å²) in [5.74, 6) is 1.02. The van der Waals surface area contributed by atoms with E-state index in [0.29, 0.717) is 47.7 Å². The molecule has 2 rings (SSSR count). The summed E-state index contributed by atoms with van der Waals surface area (Å²) in [4.78, 5) is 12.0. The second kappa shape index (κ2) is 12.7. The molecule has 0 aromatic heterocycles. The van der Waals surface area contributed by atoms with Gasteiger partial charge in [-0.1, -0.05) is 50.2 Å². The molecule has 0 fully saturated rings. The minimum Gasteiger partial charge on any atom is -0.512 e. The highest BCUT2D eigenvalue weighted by Crippen LogP contribution is 2.28. The van der Waals surface area contributed by atoms with Crippen LogP contribution in [-0.2, 0) is 16.0 Å². The number of hydrogen-bond acceptors (Lipinski definition) is 5. The van der Waals surface area contributed by atoms with Crippen molar-refractivity contribution in [3.05, 3.63) is 82.8 Å². The van der Waals surface area contributed by atoms with Gasteiger partial charge in [0.1, 0.15) is 18.2 Å². The second-order valence-corrected chi connectivity index (χ2v) is 7.26. The zero-order valence-corrected chi connectivity index (χ0v) is 18.9. The van der Waals surface area contributed by atoms with Gasteiger partial charge >= 0.3 is 5.97 Å². The first-order valence-electron chi connectivity index (χ1n) is 10.9. The molecule has 1 atom stereocenters. The number of alkyl halides is 1. The largest absolute Gasteiger partial charge is 0.512 e. The fraction of sp³-hybridized carbons (Fsp3) is 0.346. The van der Waals surface area contributed by atoms with Crippen molar-refractivity contribution in [2.24, 2.45) is 5.73 Å². The molecule has 1 unspecified atom stereocenters. The Bertz CT molecular complexity index is 968. The molecule has 0 radical (unpaired) electrons. The first-order chi connectivity index (χ1) is 15.4. The topological polar surface area (TPSA) is 81.8 Å². The number of carbonyl (C=O) groups is 1. The maximum Gasteiger partial charge on any atom is 0.310 e. The lowest BCUT2D eigenvalue weighted by Gasteiger charge is -2.15. The molecule has 0 saturated heterocycles. The number of benzene rings is 2. The molecule has 0 aliphatic carbocycles. The van der Waals surface area contributed by atoms with Gasteiger partial charge in [0.05, 0.1) is 24.8 Å². The van der Waals surface area contributed by atoms with Gasteiger partial charge in [-0.15, -0.1) is 0 Å². The Morgan fingerprint density at radius 1 is 1.12 bits per heavy atom. The van der Waals surface area contributed by atoms with Crippen LogP contribution in [-0.4, -0.2) is 24.4 Å². The normalized spacial score (nSPS) is 13.3. The number of aliphatic hydroxyl groups is 1. The van der Waals surface area contributed by atoms with Crippen molar-refractivity contribution >= 4 is 11.5 Å². The van der Waals surface area contributed by atoms with Gasteiger partial charge < -0.3 is 20.3 Å². The third-order valence-electron chi connectivity index (χ3n) is 4.95. The number of halogens is 1. The average Bonchev–Trinajstić information content (AvgIpc) is 2.81. The minimum atomic E-state index is -0.722. The van der Waals surface area contributed by atoms with E-state index in [9.17, 15) is 14.3 Å². The quantitative estimate of drug-likeness (QED) is 0.261. The van der Waals surface area contributed by atoms with Gasteiger partial charge in [0, 0.05) is 24.0 Å². The van der Waals surface area contributed by atoms with E-state index in [-0.39, 0.29) is 18.1 Å². The van der Waals surface area contributed by atoms with Crippen LogP contribution in [0.1, 0.15) is 56.3 Å². The number of hydrogen-bond donors (Lipinski definition) is 2. The summed E-state index contributed by atoms with van der Waals surface area (Å²) in [6.07, 6.45) is 2.85. The van der Waals surface area contributed by atoms with Crippen LogP contribution in [0.5, 0.6) is 5.75 Å². The summed E-state index contributed by atoms with van der Waals surface area (Å²) >= 11 is 0. The maximum atomic E-state index is 13.1. The van der Waals surface area contributed by atoms with E-state index >= 15 is 0 Å². The number of nitrogens with two attached hydrogens (primary N) is 1. The van der Waals surface area contributed by atoms with Crippen molar-refractivity contribution in [2.45, 2.75) is 46.1 Å². The second-order valence-electron chi connectivity index (χ2n) is 7.26. The van der Waals surface area contributed by atoms with E-state index in [4.69, 9.17) is 15.2 Å². The summed E-state index contributed by atoms with van der Waals surface area (Å²) in [6, 6.07) is 13.7. The van der Waals surface area contributed by atoms with Crippen molar-refractivity contribution in [3.63, 3.8) is 0 Å². The molecule has 0 bridgehead atoms. The van der Waals surface area contributed by atoms with Gasteiger partial charge in [-0.25, -0.2) is 4.39 Å². The molecule has 0 heterocycles. The van der Waals surface area contributed by atoms with E-state index in [0.717, 1.165) is 5.56 Å². The van der Waals surface area contributed by atoms with Crippen LogP contribution in [0.25, 0.3) is 5.57 Å². The smallest absolute Gasteiger partial charge is 0.310 e. The van der Waals surface area contributed by atoms with Crippen LogP contribution >= 0.6 is 0 Å². The molecule has 0 amide bonds. The van der Waals surface area contributed by atoms with E-state index in [2.05, 4.69) is 0 Å². The third kappa shape index (κ3) is 6.95. The number of allylic oxidation sites excluding steroid dienone is 4. The van der Waals surface area contributed by atoms with Crippen molar-refractivity contribution in [3.8, 4) is 5.75 Å². The molecular formula is C26H32FNO4. The third-order valence-corrected chi connectivity index (χ3v) is 4.95. The molecule has 172 valence electrons. The summed E-state index contributed by atoms with van der Waals surface area (Å²) in [5, 5.41) is 10.6. The molecule has 0 aliphatic heterocycles. The van der Waals surface area contributed by atoms with Gasteiger partial charge in [-0.2, -0.15) is 0 Å². The molecule has 2 aromatic carbocycles.